The van der Waals surface area contributed by atoms with Crippen LogP contribution in [0, 0.1) is 23.7 Å². The predicted molar refractivity (Wildman–Crippen MR) is 188 cm³/mol. The molecular formula is C37H39N5O5S. The number of aryl methyl sites for hydroxylation is 1. The number of fused-ring (bicyclic) bond motifs is 1. The van der Waals surface area contributed by atoms with E-state index in [-0.39, 0.29) is 17.1 Å². The molecule has 0 radical (unpaired) electrons. The average molecular weight is 666 g/mol. The maximum absolute atomic E-state index is 12.5. The van der Waals surface area contributed by atoms with Gasteiger partial charge in [0.25, 0.3) is 5.91 Å². The lowest BCUT2D eigenvalue weighted by Gasteiger charge is -2.18. The Morgan fingerprint density at radius 1 is 1.02 bits per heavy atom. The van der Waals surface area contributed by atoms with Gasteiger partial charge < -0.3 is 25.1 Å². The lowest BCUT2D eigenvalue weighted by atomic mass is 9.97. The zero-order valence-corrected chi connectivity index (χ0v) is 28.5. The number of nitrogens with zero attached hydrogens (tertiary/aromatic N) is 2. The molecule has 0 unspecified atom stereocenters. The number of rotatable bonds is 12. The third-order valence-electron chi connectivity index (χ3n) is 7.45. The molecule has 0 spiro atoms. The van der Waals surface area contributed by atoms with Crippen molar-refractivity contribution in [2.24, 2.45) is 5.41 Å². The molecule has 0 saturated carbocycles. The van der Waals surface area contributed by atoms with Gasteiger partial charge in [-0.15, -0.1) is 0 Å². The van der Waals surface area contributed by atoms with Crippen molar-refractivity contribution < 1.29 is 22.4 Å². The van der Waals surface area contributed by atoms with E-state index in [2.05, 4.69) is 47.8 Å². The number of aromatic nitrogens is 1. The summed E-state index contributed by atoms with van der Waals surface area (Å²) in [5, 5.41) is 20.2. The van der Waals surface area contributed by atoms with Crippen LogP contribution in [-0.4, -0.2) is 44.4 Å². The number of carbonyl (C=O) groups is 1. The van der Waals surface area contributed by atoms with Crippen molar-refractivity contribution >= 4 is 38.0 Å². The topological polar surface area (TPSA) is 146 Å². The third kappa shape index (κ3) is 9.00. The normalized spacial score (nSPS) is 11.7. The Bertz CT molecular complexity index is 2090. The number of carbonyl (C=O) groups excluding carboxylic acids is 1. The van der Waals surface area contributed by atoms with E-state index in [0.717, 1.165) is 22.2 Å². The van der Waals surface area contributed by atoms with E-state index in [1.165, 1.54) is 6.26 Å². The minimum absolute atomic E-state index is 0.00457. The second-order valence-corrected chi connectivity index (χ2v) is 15.2. The van der Waals surface area contributed by atoms with Gasteiger partial charge in [0.1, 0.15) is 38.9 Å². The molecule has 11 heteroatoms. The van der Waals surface area contributed by atoms with Gasteiger partial charge in [0.05, 0.1) is 29.1 Å². The number of furan rings is 1. The van der Waals surface area contributed by atoms with E-state index in [4.69, 9.17) is 9.15 Å². The third-order valence-corrected chi connectivity index (χ3v) is 8.40. The summed E-state index contributed by atoms with van der Waals surface area (Å²) >= 11 is 0. The average Bonchev–Trinajstić information content (AvgIpc) is 3.52. The van der Waals surface area contributed by atoms with Gasteiger partial charge in [0.2, 0.25) is 0 Å². The van der Waals surface area contributed by atoms with E-state index in [9.17, 15) is 18.5 Å². The summed E-state index contributed by atoms with van der Waals surface area (Å²) < 4.78 is 34.9. The van der Waals surface area contributed by atoms with Gasteiger partial charge >= 0.3 is 0 Å². The van der Waals surface area contributed by atoms with Crippen LogP contribution in [0.3, 0.4) is 0 Å². The minimum Gasteiger partial charge on any atom is -0.460 e. The first-order chi connectivity index (χ1) is 22.8. The first kappa shape index (κ1) is 34.2. The molecule has 248 valence electrons. The number of nitriles is 1. The van der Waals surface area contributed by atoms with Crippen molar-refractivity contribution in [3.63, 3.8) is 0 Å². The van der Waals surface area contributed by atoms with Crippen molar-refractivity contribution in [3.8, 4) is 28.9 Å². The molecule has 0 atom stereocenters. The summed E-state index contributed by atoms with van der Waals surface area (Å²) in [6, 6.07) is 24.4. The minimum atomic E-state index is -3.04. The number of pyridine rings is 1. The molecule has 0 fully saturated rings. The lowest BCUT2D eigenvalue weighted by molar-refractivity contribution is 0.0939. The fourth-order valence-electron chi connectivity index (χ4n) is 4.90. The van der Waals surface area contributed by atoms with Crippen LogP contribution >= 0.6 is 0 Å². The highest BCUT2D eigenvalue weighted by molar-refractivity contribution is 7.90. The Balaban J connectivity index is 1.31. The monoisotopic (exact) mass is 665 g/mol. The Morgan fingerprint density at radius 2 is 1.79 bits per heavy atom. The SMILES string of the molecule is Cc1cc(Nc2c(C#N)cnc3ccc(-c4ccc(CNCCS(C)(=O)=O)o4)cc23)ccc1Oc1ccc(C(=O)NCC(C)(C)C)cc1. The van der Waals surface area contributed by atoms with E-state index in [0.29, 0.717) is 65.0 Å². The van der Waals surface area contributed by atoms with Gasteiger partial charge in [0.15, 0.2) is 0 Å². The first-order valence-corrected chi connectivity index (χ1v) is 17.6. The van der Waals surface area contributed by atoms with Crippen LogP contribution in [-0.2, 0) is 16.4 Å². The highest BCUT2D eigenvalue weighted by Crippen LogP contribution is 2.35. The molecule has 5 rings (SSSR count). The Morgan fingerprint density at radius 3 is 2.48 bits per heavy atom. The summed E-state index contributed by atoms with van der Waals surface area (Å²) in [6.07, 6.45) is 2.76. The zero-order chi connectivity index (χ0) is 34.5. The van der Waals surface area contributed by atoms with Crippen molar-refractivity contribution in [1.82, 2.24) is 15.6 Å². The van der Waals surface area contributed by atoms with Crippen LogP contribution in [0.1, 0.15) is 48.0 Å². The van der Waals surface area contributed by atoms with Crippen LogP contribution in [0.4, 0.5) is 11.4 Å². The molecular weight excluding hydrogens is 627 g/mol. The van der Waals surface area contributed by atoms with Gasteiger partial charge in [-0.05, 0) is 90.7 Å². The highest BCUT2D eigenvalue weighted by atomic mass is 32.2. The lowest BCUT2D eigenvalue weighted by Crippen LogP contribution is -2.32. The van der Waals surface area contributed by atoms with Crippen LogP contribution in [0.2, 0.25) is 0 Å². The number of ether oxygens (including phenoxy) is 1. The molecule has 10 nitrogen and oxygen atoms in total. The summed E-state index contributed by atoms with van der Waals surface area (Å²) in [7, 11) is -3.04. The van der Waals surface area contributed by atoms with E-state index < -0.39 is 9.84 Å². The van der Waals surface area contributed by atoms with Crippen LogP contribution in [0.5, 0.6) is 11.5 Å². The fourth-order valence-corrected chi connectivity index (χ4v) is 5.41. The van der Waals surface area contributed by atoms with Crippen molar-refractivity contribution in [2.75, 3.05) is 30.4 Å². The quantitative estimate of drug-likeness (QED) is 0.119. The molecule has 3 aromatic carbocycles. The largest absolute Gasteiger partial charge is 0.460 e. The van der Waals surface area contributed by atoms with Crippen molar-refractivity contribution in [1.29, 1.82) is 5.26 Å². The molecule has 1 amide bonds. The van der Waals surface area contributed by atoms with Gasteiger partial charge in [-0.25, -0.2) is 8.42 Å². The highest BCUT2D eigenvalue weighted by Gasteiger charge is 2.15. The molecule has 3 N–H and O–H groups in total. The Kier molecular flexibility index (Phi) is 10.2. The summed E-state index contributed by atoms with van der Waals surface area (Å²) in [6.45, 7) is 9.45. The van der Waals surface area contributed by atoms with Gasteiger partial charge in [-0.3, -0.25) is 9.78 Å². The molecule has 2 heterocycles. The zero-order valence-electron chi connectivity index (χ0n) is 27.7. The standard InChI is InChI=1S/C37H39N5O5S/c1-24-18-28(9-14-33(24)46-29-10-6-25(7-11-29)36(43)41-23-37(2,3)4)42-35-27(20-38)21-40-32-13-8-26(19-31(32)35)34-15-12-30(47-34)22-39-16-17-48(5,44)45/h6-15,18-19,21,39H,16-17,22-23H2,1-5H3,(H,40,42)(H,41,43). The number of benzene rings is 3. The maximum atomic E-state index is 12.5. The number of nitrogens with one attached hydrogen (secondary N) is 3. The number of anilines is 2. The maximum Gasteiger partial charge on any atom is 0.251 e. The number of hydrogen-bond acceptors (Lipinski definition) is 9. The molecule has 0 saturated heterocycles. The van der Waals surface area contributed by atoms with E-state index in [1.807, 2.05) is 55.5 Å². The molecule has 48 heavy (non-hydrogen) atoms. The number of hydrogen-bond donors (Lipinski definition) is 3. The van der Waals surface area contributed by atoms with Crippen LogP contribution in [0.25, 0.3) is 22.2 Å². The smallest absolute Gasteiger partial charge is 0.251 e. The molecule has 0 aliphatic heterocycles. The molecule has 0 aliphatic rings. The van der Waals surface area contributed by atoms with Crippen molar-refractivity contribution in [3.05, 3.63) is 101 Å². The molecule has 5 aromatic rings. The second-order valence-electron chi connectivity index (χ2n) is 12.9. The molecule has 0 bridgehead atoms. The Hall–Kier alpha value is -5.18. The van der Waals surface area contributed by atoms with Crippen molar-refractivity contribution in [2.45, 2.75) is 34.2 Å². The fraction of sp³-hybridized carbons (Fsp3) is 0.270. The first-order valence-electron chi connectivity index (χ1n) is 15.5. The Labute approximate surface area is 281 Å². The number of amides is 1. The summed E-state index contributed by atoms with van der Waals surface area (Å²) in [5.74, 6) is 2.51. The summed E-state index contributed by atoms with van der Waals surface area (Å²) in [4.78, 5) is 17.0. The van der Waals surface area contributed by atoms with Gasteiger partial charge in [0, 0.05) is 47.7 Å². The summed E-state index contributed by atoms with van der Waals surface area (Å²) in [5.41, 5.74) is 4.72. The predicted octanol–water partition coefficient (Wildman–Crippen LogP) is 7.12. The van der Waals surface area contributed by atoms with Crippen LogP contribution in [0.15, 0.2) is 83.4 Å². The van der Waals surface area contributed by atoms with E-state index >= 15 is 0 Å². The van der Waals surface area contributed by atoms with Crippen LogP contribution < -0.4 is 20.7 Å². The second kappa shape index (κ2) is 14.3. The van der Waals surface area contributed by atoms with E-state index in [1.54, 1.807) is 30.5 Å². The molecule has 0 aliphatic carbocycles. The number of sulfone groups is 1. The van der Waals surface area contributed by atoms with Gasteiger partial charge in [-0.1, -0.05) is 20.8 Å². The van der Waals surface area contributed by atoms with Gasteiger partial charge in [-0.2, -0.15) is 5.26 Å². The molecule has 2 aromatic heterocycles.